The molecular formula is C23H26N4O5. The van der Waals surface area contributed by atoms with Gasteiger partial charge in [-0.2, -0.15) is 5.10 Å². The predicted molar refractivity (Wildman–Crippen MR) is 120 cm³/mol. The van der Waals surface area contributed by atoms with Crippen molar-refractivity contribution in [2.24, 2.45) is 7.05 Å². The molecule has 9 nitrogen and oxygen atoms in total. The number of fused-ring (bicyclic) bond motifs is 1. The molecule has 32 heavy (non-hydrogen) atoms. The molecule has 0 saturated carbocycles. The van der Waals surface area contributed by atoms with E-state index in [0.29, 0.717) is 40.1 Å². The molecule has 9 heteroatoms. The lowest BCUT2D eigenvalue weighted by Gasteiger charge is -2.13. The van der Waals surface area contributed by atoms with Crippen LogP contribution in [0.5, 0.6) is 11.5 Å². The number of carbonyl (C=O) groups is 2. The van der Waals surface area contributed by atoms with E-state index in [1.807, 2.05) is 0 Å². The van der Waals surface area contributed by atoms with Crippen LogP contribution < -0.4 is 25.9 Å². The summed E-state index contributed by atoms with van der Waals surface area (Å²) in [6, 6.07) is 11.7. The summed E-state index contributed by atoms with van der Waals surface area (Å²) in [6.45, 7) is 2.63. The maximum absolute atomic E-state index is 12.5. The molecule has 0 aliphatic rings. The first kappa shape index (κ1) is 22.8. The highest BCUT2D eigenvalue weighted by Crippen LogP contribution is 2.28. The van der Waals surface area contributed by atoms with Gasteiger partial charge in [-0.15, -0.1) is 0 Å². The monoisotopic (exact) mass is 438 g/mol. The van der Waals surface area contributed by atoms with Crippen LogP contribution in [0.2, 0.25) is 0 Å². The quantitative estimate of drug-likeness (QED) is 0.412. The van der Waals surface area contributed by atoms with E-state index in [0.717, 1.165) is 12.8 Å². The molecular weight excluding hydrogens is 412 g/mol. The molecule has 1 aromatic heterocycles. The second-order valence-corrected chi connectivity index (χ2v) is 7.17. The van der Waals surface area contributed by atoms with Crippen molar-refractivity contribution in [3.05, 3.63) is 64.1 Å². The fourth-order valence-corrected chi connectivity index (χ4v) is 3.16. The first-order valence-corrected chi connectivity index (χ1v) is 10.3. The number of hydrogen-bond donors (Lipinski definition) is 2. The molecule has 2 N–H and O–H groups in total. The number of methoxy groups -OCH3 is 1. The second kappa shape index (κ2) is 10.4. The van der Waals surface area contributed by atoms with Gasteiger partial charge in [-0.25, -0.2) is 4.68 Å². The summed E-state index contributed by atoms with van der Waals surface area (Å²) in [5.41, 5.74) is 5.26. The van der Waals surface area contributed by atoms with Crippen molar-refractivity contribution in [1.82, 2.24) is 20.6 Å². The van der Waals surface area contributed by atoms with Gasteiger partial charge >= 0.3 is 0 Å². The standard InChI is InChI=1S/C23H26N4O5/c1-4-5-12-32-19-11-10-15(13-20(19)31-3)22(29)25-24-21(28)14-18-16-8-6-7-9-17(16)23(30)27(2)26-18/h6-11,13H,4-5,12,14H2,1-3H3,(H,24,28)(H,25,29). The molecule has 0 fully saturated rings. The largest absolute Gasteiger partial charge is 0.493 e. The number of nitrogens with zero attached hydrogens (tertiary/aromatic N) is 2. The van der Waals surface area contributed by atoms with E-state index < -0.39 is 11.8 Å². The van der Waals surface area contributed by atoms with E-state index in [1.165, 1.54) is 18.8 Å². The molecule has 0 aliphatic carbocycles. The van der Waals surface area contributed by atoms with Gasteiger partial charge in [0.25, 0.3) is 11.5 Å². The second-order valence-electron chi connectivity index (χ2n) is 7.17. The average Bonchev–Trinajstić information content (AvgIpc) is 2.81. The lowest BCUT2D eigenvalue weighted by molar-refractivity contribution is -0.121. The number of benzene rings is 2. The van der Waals surface area contributed by atoms with Gasteiger partial charge in [-0.1, -0.05) is 31.5 Å². The van der Waals surface area contributed by atoms with Crippen molar-refractivity contribution < 1.29 is 19.1 Å². The fraction of sp³-hybridized carbons (Fsp3) is 0.304. The predicted octanol–water partition coefficient (Wildman–Crippen LogP) is 2.12. The number of ether oxygens (including phenoxy) is 2. The number of amides is 2. The van der Waals surface area contributed by atoms with Gasteiger partial charge < -0.3 is 9.47 Å². The average molecular weight is 438 g/mol. The minimum atomic E-state index is -0.505. The summed E-state index contributed by atoms with van der Waals surface area (Å²) in [5, 5.41) is 5.26. The molecule has 0 radical (unpaired) electrons. The number of nitrogens with one attached hydrogen (secondary N) is 2. The molecule has 0 aliphatic heterocycles. The van der Waals surface area contributed by atoms with Crippen LogP contribution >= 0.6 is 0 Å². The fourth-order valence-electron chi connectivity index (χ4n) is 3.16. The Morgan fingerprint density at radius 2 is 1.81 bits per heavy atom. The number of rotatable bonds is 8. The van der Waals surface area contributed by atoms with Crippen LogP contribution in [0, 0.1) is 0 Å². The Labute approximate surface area is 185 Å². The van der Waals surface area contributed by atoms with E-state index in [2.05, 4.69) is 22.9 Å². The Bertz CT molecular complexity index is 1190. The number of hydrazine groups is 1. The number of aryl methyl sites for hydroxylation is 1. The van der Waals surface area contributed by atoms with Crippen molar-refractivity contribution in [1.29, 1.82) is 0 Å². The topological polar surface area (TPSA) is 112 Å². The molecule has 2 aromatic carbocycles. The van der Waals surface area contributed by atoms with Gasteiger partial charge in [0, 0.05) is 18.0 Å². The van der Waals surface area contributed by atoms with Crippen molar-refractivity contribution in [3.63, 3.8) is 0 Å². The van der Waals surface area contributed by atoms with E-state index >= 15 is 0 Å². The summed E-state index contributed by atoms with van der Waals surface area (Å²) in [7, 11) is 3.02. The number of hydrogen-bond acceptors (Lipinski definition) is 6. The molecule has 0 unspecified atom stereocenters. The summed E-state index contributed by atoms with van der Waals surface area (Å²) in [5.74, 6) is 0.00584. The molecule has 0 saturated heterocycles. The van der Waals surface area contributed by atoms with Crippen molar-refractivity contribution in [2.45, 2.75) is 26.2 Å². The van der Waals surface area contributed by atoms with E-state index in [9.17, 15) is 14.4 Å². The smallest absolute Gasteiger partial charge is 0.274 e. The van der Waals surface area contributed by atoms with Crippen LogP contribution in [-0.2, 0) is 18.3 Å². The van der Waals surface area contributed by atoms with Crippen LogP contribution in [0.25, 0.3) is 10.8 Å². The van der Waals surface area contributed by atoms with E-state index in [4.69, 9.17) is 9.47 Å². The number of unbranched alkanes of at least 4 members (excludes halogenated alkanes) is 1. The Kier molecular flexibility index (Phi) is 7.43. The zero-order valence-corrected chi connectivity index (χ0v) is 18.3. The van der Waals surface area contributed by atoms with Crippen LogP contribution in [0.4, 0.5) is 0 Å². The summed E-state index contributed by atoms with van der Waals surface area (Å²) in [4.78, 5) is 37.1. The Morgan fingerprint density at radius 3 is 2.53 bits per heavy atom. The van der Waals surface area contributed by atoms with E-state index in [-0.39, 0.29) is 12.0 Å². The Morgan fingerprint density at radius 1 is 1.06 bits per heavy atom. The third kappa shape index (κ3) is 5.23. The third-order valence-corrected chi connectivity index (χ3v) is 4.86. The van der Waals surface area contributed by atoms with Gasteiger partial charge in [0.05, 0.1) is 31.2 Å². The van der Waals surface area contributed by atoms with E-state index in [1.54, 1.807) is 42.5 Å². The molecule has 168 valence electrons. The molecule has 3 rings (SSSR count). The molecule has 0 bridgehead atoms. The zero-order valence-electron chi connectivity index (χ0n) is 18.3. The van der Waals surface area contributed by atoms with Gasteiger partial charge in [-0.05, 0) is 30.7 Å². The van der Waals surface area contributed by atoms with Crippen LogP contribution in [0.1, 0.15) is 35.8 Å². The van der Waals surface area contributed by atoms with Crippen molar-refractivity contribution >= 4 is 22.6 Å². The maximum Gasteiger partial charge on any atom is 0.274 e. The van der Waals surface area contributed by atoms with Crippen LogP contribution in [0.3, 0.4) is 0 Å². The zero-order chi connectivity index (χ0) is 23.1. The van der Waals surface area contributed by atoms with Crippen molar-refractivity contribution in [2.75, 3.05) is 13.7 Å². The minimum absolute atomic E-state index is 0.109. The highest BCUT2D eigenvalue weighted by atomic mass is 16.5. The first-order chi connectivity index (χ1) is 15.4. The number of aromatic nitrogens is 2. The Balaban J connectivity index is 1.65. The number of carbonyl (C=O) groups excluding carboxylic acids is 2. The third-order valence-electron chi connectivity index (χ3n) is 4.86. The van der Waals surface area contributed by atoms with Gasteiger partial charge in [0.15, 0.2) is 11.5 Å². The van der Waals surface area contributed by atoms with Gasteiger partial charge in [-0.3, -0.25) is 25.2 Å². The van der Waals surface area contributed by atoms with Gasteiger partial charge in [0.2, 0.25) is 5.91 Å². The summed E-state index contributed by atoms with van der Waals surface area (Å²) >= 11 is 0. The molecule has 3 aromatic rings. The van der Waals surface area contributed by atoms with Gasteiger partial charge in [0.1, 0.15) is 0 Å². The molecule has 0 atom stereocenters. The highest BCUT2D eigenvalue weighted by molar-refractivity contribution is 5.96. The first-order valence-electron chi connectivity index (χ1n) is 10.3. The lowest BCUT2D eigenvalue weighted by Crippen LogP contribution is -2.42. The highest BCUT2D eigenvalue weighted by Gasteiger charge is 2.15. The Hall–Kier alpha value is -3.88. The lowest BCUT2D eigenvalue weighted by atomic mass is 10.1. The molecule has 1 heterocycles. The summed E-state index contributed by atoms with van der Waals surface area (Å²) < 4.78 is 12.2. The maximum atomic E-state index is 12.5. The molecule has 0 spiro atoms. The molecule has 2 amide bonds. The normalized spacial score (nSPS) is 10.6. The van der Waals surface area contributed by atoms with Crippen LogP contribution in [-0.4, -0.2) is 35.3 Å². The summed E-state index contributed by atoms with van der Waals surface area (Å²) in [6.07, 6.45) is 1.81. The minimum Gasteiger partial charge on any atom is -0.493 e. The van der Waals surface area contributed by atoms with Crippen LogP contribution in [0.15, 0.2) is 47.3 Å². The SMILES string of the molecule is CCCCOc1ccc(C(=O)NNC(=O)Cc2nn(C)c(=O)c3ccccc23)cc1OC. The van der Waals surface area contributed by atoms with Crippen molar-refractivity contribution in [3.8, 4) is 11.5 Å².